The maximum Gasteiger partial charge on any atom is 0.142 e. The van der Waals surface area contributed by atoms with Crippen LogP contribution in [0.15, 0.2) is 171 Å². The van der Waals surface area contributed by atoms with Crippen LogP contribution in [-0.4, -0.2) is 6.10 Å². The number of aryl methyl sites for hydroxylation is 4. The number of hydrogen-bond donors (Lipinski definition) is 0. The number of allylic oxidation sites excluding steroid dienone is 2. The van der Waals surface area contributed by atoms with Gasteiger partial charge in [0.1, 0.15) is 45.4 Å². The molecule has 0 saturated carbocycles. The van der Waals surface area contributed by atoms with E-state index in [1.54, 1.807) is 0 Å². The molecule has 1 aliphatic carbocycles. The highest BCUT2D eigenvalue weighted by Crippen LogP contribution is 2.48. The van der Waals surface area contributed by atoms with Crippen molar-refractivity contribution in [3.05, 3.63) is 191 Å². The van der Waals surface area contributed by atoms with Crippen LogP contribution in [0.25, 0.3) is 105 Å². The number of fused-ring (bicyclic) bond motifs is 12. The molecule has 296 valence electrons. The Labute approximate surface area is 358 Å². The van der Waals surface area contributed by atoms with Crippen LogP contribution >= 0.6 is 0 Å². The molecule has 4 heterocycles. The molecule has 0 amide bonds. The van der Waals surface area contributed by atoms with Gasteiger partial charge in [0.25, 0.3) is 0 Å². The van der Waals surface area contributed by atoms with Crippen LogP contribution in [0.4, 0.5) is 0 Å². The average molecular weight is 801 g/mol. The second-order valence-electron chi connectivity index (χ2n) is 17.3. The molecular formula is C58H40O4. The van der Waals surface area contributed by atoms with Crippen LogP contribution in [0.1, 0.15) is 39.3 Å². The lowest BCUT2D eigenvalue weighted by atomic mass is 9.85. The van der Waals surface area contributed by atoms with Crippen molar-refractivity contribution in [2.75, 3.05) is 0 Å². The fourth-order valence-corrected chi connectivity index (χ4v) is 10.5. The third-order valence-electron chi connectivity index (χ3n) is 13.6. The minimum Gasteiger partial charge on any atom is -0.485 e. The number of furan rings is 3. The van der Waals surface area contributed by atoms with E-state index in [0.29, 0.717) is 0 Å². The molecule has 11 aromatic rings. The molecule has 0 saturated heterocycles. The molecule has 0 bridgehead atoms. The Balaban J connectivity index is 0.942. The van der Waals surface area contributed by atoms with Gasteiger partial charge in [0, 0.05) is 49.4 Å². The summed E-state index contributed by atoms with van der Waals surface area (Å²) in [7, 11) is 0. The summed E-state index contributed by atoms with van der Waals surface area (Å²) in [5.41, 5.74) is 20.5. The summed E-state index contributed by atoms with van der Waals surface area (Å²) >= 11 is 0. The Morgan fingerprint density at radius 2 is 1.00 bits per heavy atom. The highest BCUT2D eigenvalue weighted by molar-refractivity contribution is 6.20. The molecule has 13 rings (SSSR count). The standard InChI is InChI=1S/C58H40O4/c1-31-23-53-47(29-41(31)39-17-21-51-45(27-39)43-25-37(15-19-49(43)59-51)35-11-7-5-8-12-35)55-33(3)56-48-30-42(32(2)24-54(48)62-58(56)34(4)57(55)61-53)40-18-22-52-46(28-40)44-26-38(16-20-50(44)60-52)36-13-9-6-10-14-36/h5-30,43,49H,1-4H3. The fourth-order valence-electron chi connectivity index (χ4n) is 10.5. The first kappa shape index (κ1) is 35.2. The summed E-state index contributed by atoms with van der Waals surface area (Å²) in [6.45, 7) is 8.71. The molecule has 0 fully saturated rings. The lowest BCUT2D eigenvalue weighted by Gasteiger charge is -2.19. The number of benzene rings is 8. The third-order valence-corrected chi connectivity index (χ3v) is 13.6. The second-order valence-corrected chi connectivity index (χ2v) is 17.3. The molecule has 4 nitrogen and oxygen atoms in total. The van der Waals surface area contributed by atoms with E-state index in [0.717, 1.165) is 93.8 Å². The summed E-state index contributed by atoms with van der Waals surface area (Å²) in [6.07, 6.45) is 6.77. The Hall–Kier alpha value is -7.56. The van der Waals surface area contributed by atoms with E-state index in [2.05, 4.69) is 185 Å². The number of rotatable bonds is 4. The molecule has 3 aromatic heterocycles. The van der Waals surface area contributed by atoms with Crippen molar-refractivity contribution in [2.45, 2.75) is 39.7 Å². The quantitative estimate of drug-likeness (QED) is 0.178. The van der Waals surface area contributed by atoms with E-state index in [1.807, 2.05) is 0 Å². The molecule has 1 aliphatic heterocycles. The van der Waals surface area contributed by atoms with Gasteiger partial charge in [-0.25, -0.2) is 0 Å². The van der Waals surface area contributed by atoms with Gasteiger partial charge in [0.05, 0.1) is 0 Å². The minimum absolute atomic E-state index is 0.00204. The first-order valence-electron chi connectivity index (χ1n) is 21.5. The van der Waals surface area contributed by atoms with Crippen LogP contribution < -0.4 is 4.74 Å². The van der Waals surface area contributed by atoms with Crippen LogP contribution in [0.3, 0.4) is 0 Å². The lowest BCUT2D eigenvalue weighted by Crippen LogP contribution is -2.16. The Bertz CT molecular complexity index is 3760. The maximum absolute atomic E-state index is 6.76. The monoisotopic (exact) mass is 800 g/mol. The molecule has 4 heteroatoms. The molecule has 62 heavy (non-hydrogen) atoms. The lowest BCUT2D eigenvalue weighted by molar-refractivity contribution is 0.269. The summed E-state index contributed by atoms with van der Waals surface area (Å²) in [5, 5.41) is 6.70. The maximum atomic E-state index is 6.76. The molecule has 2 aliphatic rings. The van der Waals surface area contributed by atoms with Crippen molar-refractivity contribution >= 4 is 71.4 Å². The third kappa shape index (κ3) is 5.13. The first-order chi connectivity index (χ1) is 30.3. The molecule has 8 aromatic carbocycles. The molecule has 0 N–H and O–H groups in total. The van der Waals surface area contributed by atoms with Crippen molar-refractivity contribution in [3.63, 3.8) is 0 Å². The molecular weight excluding hydrogens is 761 g/mol. The number of ether oxygens (including phenoxy) is 1. The Morgan fingerprint density at radius 1 is 0.435 bits per heavy atom. The Morgan fingerprint density at radius 3 is 1.65 bits per heavy atom. The summed E-state index contributed by atoms with van der Waals surface area (Å²) < 4.78 is 26.3. The van der Waals surface area contributed by atoms with Gasteiger partial charge in [-0.05, 0) is 156 Å². The van der Waals surface area contributed by atoms with Gasteiger partial charge in [0.2, 0.25) is 0 Å². The van der Waals surface area contributed by atoms with E-state index in [-0.39, 0.29) is 12.0 Å². The summed E-state index contributed by atoms with van der Waals surface area (Å²) in [4.78, 5) is 0. The predicted molar refractivity (Wildman–Crippen MR) is 254 cm³/mol. The van der Waals surface area contributed by atoms with Crippen molar-refractivity contribution in [2.24, 2.45) is 0 Å². The van der Waals surface area contributed by atoms with Crippen molar-refractivity contribution in [1.82, 2.24) is 0 Å². The van der Waals surface area contributed by atoms with Gasteiger partial charge in [0.15, 0.2) is 0 Å². The van der Waals surface area contributed by atoms with Crippen molar-refractivity contribution in [1.29, 1.82) is 0 Å². The van der Waals surface area contributed by atoms with Gasteiger partial charge in [-0.3, -0.25) is 0 Å². The van der Waals surface area contributed by atoms with E-state index in [4.69, 9.17) is 18.0 Å². The van der Waals surface area contributed by atoms with Gasteiger partial charge >= 0.3 is 0 Å². The minimum atomic E-state index is -0.00204. The molecule has 2 unspecified atom stereocenters. The van der Waals surface area contributed by atoms with Crippen molar-refractivity contribution < 1.29 is 18.0 Å². The summed E-state index contributed by atoms with van der Waals surface area (Å²) in [5.74, 6) is 1.11. The first-order valence-corrected chi connectivity index (χ1v) is 21.5. The van der Waals surface area contributed by atoms with Crippen LogP contribution in [0, 0.1) is 27.7 Å². The van der Waals surface area contributed by atoms with E-state index < -0.39 is 0 Å². The summed E-state index contributed by atoms with van der Waals surface area (Å²) in [6, 6.07) is 49.9. The largest absolute Gasteiger partial charge is 0.485 e. The zero-order valence-electron chi connectivity index (χ0n) is 34.8. The SMILES string of the molecule is Cc1cc2oc3c(C)c4oc5cc(C)c(-c6ccc7oc8ccc(-c9ccccc9)cc8c7c6)cc5c4c(C)c3c2cc1-c1ccc2c(c1)C1C=C(c3ccccc3)C=CC1O2. The smallest absolute Gasteiger partial charge is 0.142 e. The number of hydrogen-bond acceptors (Lipinski definition) is 4. The fraction of sp³-hybridized carbons (Fsp3) is 0.103. The van der Waals surface area contributed by atoms with Crippen LogP contribution in [0.5, 0.6) is 5.75 Å². The van der Waals surface area contributed by atoms with Crippen molar-refractivity contribution in [3.8, 4) is 39.1 Å². The molecule has 0 spiro atoms. The van der Waals surface area contributed by atoms with Gasteiger partial charge in [-0.2, -0.15) is 0 Å². The predicted octanol–water partition coefficient (Wildman–Crippen LogP) is 16.1. The highest BCUT2D eigenvalue weighted by atomic mass is 16.5. The normalized spacial score (nSPS) is 15.9. The van der Waals surface area contributed by atoms with Crippen LogP contribution in [0.2, 0.25) is 0 Å². The zero-order chi connectivity index (χ0) is 41.4. The zero-order valence-corrected chi connectivity index (χ0v) is 34.8. The second kappa shape index (κ2) is 13.0. The highest BCUT2D eigenvalue weighted by Gasteiger charge is 2.34. The molecule has 2 atom stereocenters. The van der Waals surface area contributed by atoms with E-state index >= 15 is 0 Å². The van der Waals surface area contributed by atoms with Gasteiger partial charge < -0.3 is 18.0 Å². The molecule has 0 radical (unpaired) electrons. The van der Waals surface area contributed by atoms with Gasteiger partial charge in [-0.15, -0.1) is 0 Å². The van der Waals surface area contributed by atoms with Crippen LogP contribution in [-0.2, 0) is 0 Å². The van der Waals surface area contributed by atoms with Gasteiger partial charge in [-0.1, -0.05) is 91.0 Å². The Kier molecular flexibility index (Phi) is 7.37. The van der Waals surface area contributed by atoms with E-state index in [1.165, 1.54) is 50.1 Å². The average Bonchev–Trinajstić information content (AvgIpc) is 4.07. The van der Waals surface area contributed by atoms with E-state index in [9.17, 15) is 0 Å². The topological polar surface area (TPSA) is 48.7 Å².